The van der Waals surface area contributed by atoms with Crippen LogP contribution in [0.5, 0.6) is 0 Å². The Morgan fingerprint density at radius 3 is 2.91 bits per heavy atom. The van der Waals surface area contributed by atoms with E-state index in [1.165, 1.54) is 6.20 Å². The second kappa shape index (κ2) is 3.68. The van der Waals surface area contributed by atoms with E-state index in [0.717, 1.165) is 0 Å². The molecule has 0 aromatic carbocycles. The van der Waals surface area contributed by atoms with Gasteiger partial charge in [-0.15, -0.1) is 0 Å². The summed E-state index contributed by atoms with van der Waals surface area (Å²) in [6, 6.07) is 0. The molecule has 0 radical (unpaired) electrons. The predicted octanol–water partition coefficient (Wildman–Crippen LogP) is -0.232. The lowest BCUT2D eigenvalue weighted by molar-refractivity contribution is 0.349. The monoisotopic (exact) mass is 151 g/mol. The molecule has 1 heterocycles. The molecule has 1 rings (SSSR count). The summed E-state index contributed by atoms with van der Waals surface area (Å²) < 4.78 is 0. The van der Waals surface area contributed by atoms with E-state index in [-0.39, 0.29) is 6.61 Å². The first kappa shape index (κ1) is 7.68. The van der Waals surface area contributed by atoms with Gasteiger partial charge < -0.3 is 10.8 Å². The van der Waals surface area contributed by atoms with Crippen LogP contribution in [0.3, 0.4) is 0 Å². The molecule has 4 nitrogen and oxygen atoms in total. The molecule has 0 amide bonds. The van der Waals surface area contributed by atoms with Crippen LogP contribution >= 0.6 is 0 Å². The number of nitrogens with two attached hydrogens (primary N) is 1. The molecule has 0 saturated heterocycles. The molecule has 1 aromatic rings. The molecule has 0 aliphatic heterocycles. The Morgan fingerprint density at radius 2 is 2.45 bits per heavy atom. The van der Waals surface area contributed by atoms with Crippen LogP contribution < -0.4 is 5.73 Å². The number of rotatable bonds is 2. The van der Waals surface area contributed by atoms with Crippen molar-refractivity contribution in [2.45, 2.75) is 0 Å². The van der Waals surface area contributed by atoms with Gasteiger partial charge in [-0.1, -0.05) is 0 Å². The summed E-state index contributed by atoms with van der Waals surface area (Å²) in [5, 5.41) is 8.76. The fourth-order valence-corrected chi connectivity index (χ4v) is 0.684. The molecule has 0 bridgehead atoms. The van der Waals surface area contributed by atoms with Gasteiger partial charge in [0, 0.05) is 24.2 Å². The largest absolute Gasteiger partial charge is 0.404 e. The SMILES string of the molecule is N/C=C(/CO)c1cnccn1. The Balaban J connectivity index is 2.92. The maximum atomic E-state index is 8.76. The van der Waals surface area contributed by atoms with Crippen LogP contribution in [0, 0.1) is 0 Å². The van der Waals surface area contributed by atoms with Crippen molar-refractivity contribution in [2.75, 3.05) is 6.61 Å². The Hall–Kier alpha value is -1.42. The summed E-state index contributed by atoms with van der Waals surface area (Å²) >= 11 is 0. The molecular formula is C7H9N3O. The number of aliphatic hydroxyl groups excluding tert-OH is 1. The quantitative estimate of drug-likeness (QED) is 0.612. The summed E-state index contributed by atoms with van der Waals surface area (Å²) in [4.78, 5) is 7.78. The predicted molar refractivity (Wildman–Crippen MR) is 41.3 cm³/mol. The fraction of sp³-hybridized carbons (Fsp3) is 0.143. The molecule has 3 N–H and O–H groups in total. The Kier molecular flexibility index (Phi) is 2.57. The molecule has 0 spiro atoms. The lowest BCUT2D eigenvalue weighted by atomic mass is 10.2. The summed E-state index contributed by atoms with van der Waals surface area (Å²) in [5.74, 6) is 0. The van der Waals surface area contributed by atoms with Crippen molar-refractivity contribution in [1.29, 1.82) is 0 Å². The first-order chi connectivity index (χ1) is 5.38. The van der Waals surface area contributed by atoms with Gasteiger partial charge in [-0.25, -0.2) is 0 Å². The zero-order valence-electron chi connectivity index (χ0n) is 5.94. The first-order valence-electron chi connectivity index (χ1n) is 3.16. The molecule has 0 atom stereocenters. The van der Waals surface area contributed by atoms with E-state index in [2.05, 4.69) is 9.97 Å². The zero-order chi connectivity index (χ0) is 8.10. The topological polar surface area (TPSA) is 72.0 Å². The average Bonchev–Trinajstić information content (AvgIpc) is 2.09. The van der Waals surface area contributed by atoms with E-state index in [9.17, 15) is 0 Å². The highest BCUT2D eigenvalue weighted by molar-refractivity contribution is 5.61. The normalized spacial score (nSPS) is 11.5. The van der Waals surface area contributed by atoms with Gasteiger partial charge in [0.2, 0.25) is 0 Å². The lowest BCUT2D eigenvalue weighted by Crippen LogP contribution is -1.97. The average molecular weight is 151 g/mol. The second-order valence-corrected chi connectivity index (χ2v) is 1.94. The second-order valence-electron chi connectivity index (χ2n) is 1.94. The fourth-order valence-electron chi connectivity index (χ4n) is 0.684. The number of hydrogen-bond acceptors (Lipinski definition) is 4. The van der Waals surface area contributed by atoms with E-state index in [0.29, 0.717) is 11.3 Å². The maximum absolute atomic E-state index is 8.76. The van der Waals surface area contributed by atoms with Crippen LogP contribution in [0.25, 0.3) is 5.57 Å². The van der Waals surface area contributed by atoms with Crippen molar-refractivity contribution in [1.82, 2.24) is 9.97 Å². The lowest BCUT2D eigenvalue weighted by Gasteiger charge is -1.98. The molecular weight excluding hydrogens is 142 g/mol. The van der Waals surface area contributed by atoms with Crippen LogP contribution in [0.15, 0.2) is 24.8 Å². The number of aromatic nitrogens is 2. The van der Waals surface area contributed by atoms with Gasteiger partial charge in [0.15, 0.2) is 0 Å². The number of aliphatic hydroxyl groups is 1. The van der Waals surface area contributed by atoms with Gasteiger partial charge >= 0.3 is 0 Å². The molecule has 11 heavy (non-hydrogen) atoms. The first-order valence-corrected chi connectivity index (χ1v) is 3.16. The standard InChI is InChI=1S/C7H9N3O/c8-3-6(5-11)7-4-9-1-2-10-7/h1-4,11H,5,8H2/b6-3-. The Morgan fingerprint density at radius 1 is 1.64 bits per heavy atom. The van der Waals surface area contributed by atoms with E-state index in [1.54, 1.807) is 18.6 Å². The third-order valence-corrected chi connectivity index (χ3v) is 1.26. The summed E-state index contributed by atoms with van der Waals surface area (Å²) in [6.07, 6.45) is 5.99. The summed E-state index contributed by atoms with van der Waals surface area (Å²) in [5.41, 5.74) is 6.42. The highest BCUT2D eigenvalue weighted by atomic mass is 16.3. The highest BCUT2D eigenvalue weighted by Gasteiger charge is 1.98. The minimum absolute atomic E-state index is 0.116. The molecule has 1 aromatic heterocycles. The van der Waals surface area contributed by atoms with Crippen LogP contribution in [0.2, 0.25) is 0 Å². The summed E-state index contributed by atoms with van der Waals surface area (Å²) in [6.45, 7) is -0.116. The van der Waals surface area contributed by atoms with Crippen molar-refractivity contribution >= 4 is 5.57 Å². The van der Waals surface area contributed by atoms with Crippen molar-refractivity contribution < 1.29 is 5.11 Å². The molecule has 58 valence electrons. The summed E-state index contributed by atoms with van der Waals surface area (Å²) in [7, 11) is 0. The van der Waals surface area contributed by atoms with Gasteiger partial charge in [0.1, 0.15) is 0 Å². The Bertz CT molecular complexity index is 245. The Labute approximate surface area is 64.4 Å². The maximum Gasteiger partial charge on any atom is 0.0882 e. The van der Waals surface area contributed by atoms with Crippen LogP contribution in [0.1, 0.15) is 5.69 Å². The van der Waals surface area contributed by atoms with E-state index < -0.39 is 0 Å². The van der Waals surface area contributed by atoms with Crippen LogP contribution in [-0.2, 0) is 0 Å². The third kappa shape index (κ3) is 1.75. The van der Waals surface area contributed by atoms with Gasteiger partial charge in [0.05, 0.1) is 18.5 Å². The molecule has 0 saturated carbocycles. The van der Waals surface area contributed by atoms with Gasteiger partial charge in [-0.2, -0.15) is 0 Å². The van der Waals surface area contributed by atoms with Crippen molar-refractivity contribution in [2.24, 2.45) is 5.73 Å². The molecule has 0 fully saturated rings. The molecule has 4 heteroatoms. The van der Waals surface area contributed by atoms with E-state index in [1.807, 2.05) is 0 Å². The van der Waals surface area contributed by atoms with Crippen LogP contribution in [0.4, 0.5) is 0 Å². The molecule has 0 aliphatic carbocycles. The van der Waals surface area contributed by atoms with Crippen molar-refractivity contribution in [3.8, 4) is 0 Å². The van der Waals surface area contributed by atoms with Gasteiger partial charge in [-0.3, -0.25) is 9.97 Å². The minimum atomic E-state index is -0.116. The van der Waals surface area contributed by atoms with E-state index >= 15 is 0 Å². The van der Waals surface area contributed by atoms with Gasteiger partial charge in [-0.05, 0) is 0 Å². The van der Waals surface area contributed by atoms with Gasteiger partial charge in [0.25, 0.3) is 0 Å². The minimum Gasteiger partial charge on any atom is -0.404 e. The van der Waals surface area contributed by atoms with Crippen molar-refractivity contribution in [3.05, 3.63) is 30.5 Å². The number of hydrogen-bond donors (Lipinski definition) is 2. The third-order valence-electron chi connectivity index (χ3n) is 1.26. The number of nitrogens with zero attached hydrogens (tertiary/aromatic N) is 2. The van der Waals surface area contributed by atoms with E-state index in [4.69, 9.17) is 10.8 Å². The van der Waals surface area contributed by atoms with Crippen LogP contribution in [-0.4, -0.2) is 21.7 Å². The molecule has 0 unspecified atom stereocenters. The highest BCUT2D eigenvalue weighted by Crippen LogP contribution is 2.05. The molecule has 0 aliphatic rings. The van der Waals surface area contributed by atoms with Crippen molar-refractivity contribution in [3.63, 3.8) is 0 Å². The zero-order valence-corrected chi connectivity index (χ0v) is 5.94. The smallest absolute Gasteiger partial charge is 0.0882 e.